The van der Waals surface area contributed by atoms with Gasteiger partial charge < -0.3 is 5.11 Å². The van der Waals surface area contributed by atoms with Crippen molar-refractivity contribution in [2.75, 3.05) is 11.9 Å². The quantitative estimate of drug-likeness (QED) is 0.552. The molecule has 0 spiro atoms. The van der Waals surface area contributed by atoms with Crippen LogP contribution >= 0.6 is 22.9 Å². The summed E-state index contributed by atoms with van der Waals surface area (Å²) in [6.45, 7) is 1.88. The van der Waals surface area contributed by atoms with Crippen molar-refractivity contribution in [3.05, 3.63) is 70.6 Å². The Hall–Kier alpha value is -2.70. The Morgan fingerprint density at radius 1 is 1.14 bits per heavy atom. The van der Waals surface area contributed by atoms with Crippen LogP contribution in [0.2, 0.25) is 5.02 Å². The van der Waals surface area contributed by atoms with Crippen molar-refractivity contribution < 1.29 is 14.7 Å². The molecule has 0 aliphatic rings. The van der Waals surface area contributed by atoms with Gasteiger partial charge >= 0.3 is 5.97 Å². The predicted molar refractivity (Wildman–Crippen MR) is 117 cm³/mol. The number of aromatic nitrogens is 1. The zero-order valence-electron chi connectivity index (χ0n) is 16.1. The minimum atomic E-state index is -1.00. The van der Waals surface area contributed by atoms with Crippen molar-refractivity contribution in [2.45, 2.75) is 19.3 Å². The van der Waals surface area contributed by atoms with Crippen LogP contribution in [-0.4, -0.2) is 29.0 Å². The van der Waals surface area contributed by atoms with Gasteiger partial charge in [0.2, 0.25) is 5.91 Å². The topological polar surface area (TPSA) is 70.5 Å². The Morgan fingerprint density at radius 2 is 1.79 bits per heavy atom. The standard InChI is InChI=1S/C22H21ClN2O3S/c1-14(15-8-4-3-5-9-15)17(12-20(26)27)21(28)25(2)22-24-19(13-29-22)16-10-6-7-11-18(16)23/h3-11,13-14,17H,12H2,1-2H3,(H,26,27)/t14-,17-/m1/s1. The molecule has 1 aromatic heterocycles. The molecule has 0 unspecified atom stereocenters. The van der Waals surface area contributed by atoms with Crippen LogP contribution in [-0.2, 0) is 9.59 Å². The van der Waals surface area contributed by atoms with Gasteiger partial charge in [0, 0.05) is 23.0 Å². The molecule has 0 aliphatic heterocycles. The Kier molecular flexibility index (Phi) is 6.67. The van der Waals surface area contributed by atoms with Gasteiger partial charge in [-0.25, -0.2) is 4.98 Å². The largest absolute Gasteiger partial charge is 0.481 e. The molecule has 29 heavy (non-hydrogen) atoms. The fraction of sp³-hybridized carbons (Fsp3) is 0.227. The van der Waals surface area contributed by atoms with Crippen LogP contribution in [0.1, 0.15) is 24.8 Å². The fourth-order valence-electron chi connectivity index (χ4n) is 3.21. The number of benzene rings is 2. The zero-order chi connectivity index (χ0) is 21.0. The molecule has 0 radical (unpaired) electrons. The van der Waals surface area contributed by atoms with Crippen molar-refractivity contribution in [2.24, 2.45) is 5.92 Å². The first-order chi connectivity index (χ1) is 13.9. The molecule has 7 heteroatoms. The molecule has 0 saturated carbocycles. The summed E-state index contributed by atoms with van der Waals surface area (Å²) in [5, 5.41) is 12.3. The lowest BCUT2D eigenvalue weighted by Gasteiger charge is -2.26. The average molecular weight is 429 g/mol. The zero-order valence-corrected chi connectivity index (χ0v) is 17.7. The van der Waals surface area contributed by atoms with Gasteiger partial charge in [0.05, 0.1) is 18.0 Å². The first-order valence-corrected chi connectivity index (χ1v) is 10.4. The van der Waals surface area contributed by atoms with Crippen molar-refractivity contribution in [3.63, 3.8) is 0 Å². The van der Waals surface area contributed by atoms with Crippen molar-refractivity contribution in [1.29, 1.82) is 0 Å². The maximum absolute atomic E-state index is 13.2. The third kappa shape index (κ3) is 4.83. The third-order valence-electron chi connectivity index (χ3n) is 4.90. The van der Waals surface area contributed by atoms with E-state index in [9.17, 15) is 14.7 Å². The fourth-order valence-corrected chi connectivity index (χ4v) is 4.24. The van der Waals surface area contributed by atoms with Crippen LogP contribution < -0.4 is 4.90 Å². The van der Waals surface area contributed by atoms with Crippen molar-refractivity contribution in [1.82, 2.24) is 4.98 Å². The number of aliphatic carboxylic acids is 1. The second-order valence-corrected chi connectivity index (χ2v) is 8.04. The lowest BCUT2D eigenvalue weighted by molar-refractivity contribution is -0.140. The number of halogens is 1. The van der Waals surface area contributed by atoms with E-state index in [2.05, 4.69) is 4.98 Å². The number of carboxylic acid groups (broad SMARTS) is 1. The first-order valence-electron chi connectivity index (χ1n) is 9.13. The molecule has 0 aliphatic carbocycles. The summed E-state index contributed by atoms with van der Waals surface area (Å²) in [5.74, 6) is -2.22. The van der Waals surface area contributed by atoms with E-state index in [0.717, 1.165) is 11.1 Å². The molecular weight excluding hydrogens is 408 g/mol. The average Bonchev–Trinajstić information content (AvgIpc) is 3.21. The number of anilines is 1. The van der Waals surface area contributed by atoms with E-state index in [-0.39, 0.29) is 18.2 Å². The van der Waals surface area contributed by atoms with E-state index >= 15 is 0 Å². The van der Waals surface area contributed by atoms with E-state index in [0.29, 0.717) is 15.8 Å². The molecule has 3 aromatic rings. The van der Waals surface area contributed by atoms with E-state index < -0.39 is 11.9 Å². The number of carboxylic acids is 1. The molecule has 2 aromatic carbocycles. The second kappa shape index (κ2) is 9.20. The Morgan fingerprint density at radius 3 is 2.45 bits per heavy atom. The summed E-state index contributed by atoms with van der Waals surface area (Å²) in [7, 11) is 1.63. The molecule has 150 valence electrons. The highest BCUT2D eigenvalue weighted by molar-refractivity contribution is 7.14. The van der Waals surface area contributed by atoms with E-state index in [4.69, 9.17) is 11.6 Å². The highest BCUT2D eigenvalue weighted by atomic mass is 35.5. The number of rotatable bonds is 7. The molecule has 5 nitrogen and oxygen atoms in total. The monoisotopic (exact) mass is 428 g/mol. The van der Waals surface area contributed by atoms with Gasteiger partial charge in [-0.05, 0) is 17.5 Å². The number of carbonyl (C=O) groups excluding carboxylic acids is 1. The normalized spacial score (nSPS) is 12.9. The summed E-state index contributed by atoms with van der Waals surface area (Å²) in [6, 6.07) is 16.8. The lowest BCUT2D eigenvalue weighted by atomic mass is 9.84. The van der Waals surface area contributed by atoms with Crippen molar-refractivity contribution in [3.8, 4) is 11.3 Å². The van der Waals surface area contributed by atoms with Gasteiger partial charge in [-0.2, -0.15) is 0 Å². The number of nitrogens with zero attached hydrogens (tertiary/aromatic N) is 2. The van der Waals surface area contributed by atoms with Gasteiger partial charge in [-0.1, -0.05) is 67.1 Å². The summed E-state index contributed by atoms with van der Waals surface area (Å²) >= 11 is 7.57. The van der Waals surface area contributed by atoms with Crippen LogP contribution in [0.5, 0.6) is 0 Å². The summed E-state index contributed by atoms with van der Waals surface area (Å²) in [5.41, 5.74) is 2.40. The van der Waals surface area contributed by atoms with Gasteiger partial charge in [0.1, 0.15) is 0 Å². The molecule has 0 fully saturated rings. The third-order valence-corrected chi connectivity index (χ3v) is 6.15. The van der Waals surface area contributed by atoms with E-state index in [1.165, 1.54) is 16.2 Å². The summed E-state index contributed by atoms with van der Waals surface area (Å²) in [4.78, 5) is 30.6. The smallest absolute Gasteiger partial charge is 0.304 e. The van der Waals surface area contributed by atoms with Crippen molar-refractivity contribution >= 4 is 39.9 Å². The summed E-state index contributed by atoms with van der Waals surface area (Å²) in [6.07, 6.45) is -0.248. The lowest BCUT2D eigenvalue weighted by Crippen LogP contribution is -2.36. The number of amides is 1. The van der Waals surface area contributed by atoms with Gasteiger partial charge in [-0.15, -0.1) is 11.3 Å². The minimum absolute atomic E-state index is 0.245. The van der Waals surface area contributed by atoms with E-state index in [1.54, 1.807) is 13.1 Å². The molecule has 2 atom stereocenters. The molecule has 0 saturated heterocycles. The predicted octanol–water partition coefficient (Wildman–Crippen LogP) is 5.32. The number of hydrogen-bond acceptors (Lipinski definition) is 4. The number of thiazole rings is 1. The maximum atomic E-state index is 13.2. The summed E-state index contributed by atoms with van der Waals surface area (Å²) < 4.78 is 0. The minimum Gasteiger partial charge on any atom is -0.481 e. The molecule has 3 rings (SSSR count). The van der Waals surface area contributed by atoms with E-state index in [1.807, 2.05) is 60.8 Å². The molecule has 0 bridgehead atoms. The first kappa shape index (κ1) is 21.0. The number of carbonyl (C=O) groups is 2. The van der Waals surface area contributed by atoms with Gasteiger partial charge in [-0.3, -0.25) is 14.5 Å². The SMILES string of the molecule is C[C@H](c1ccccc1)[C@@H](CC(=O)O)C(=O)N(C)c1nc(-c2ccccc2Cl)cs1. The highest BCUT2D eigenvalue weighted by Gasteiger charge is 2.32. The van der Waals surface area contributed by atoms with Crippen LogP contribution in [0.3, 0.4) is 0 Å². The molecule has 1 N–H and O–H groups in total. The molecule has 1 amide bonds. The Labute approximate surface area is 178 Å². The number of hydrogen-bond donors (Lipinski definition) is 1. The van der Waals surface area contributed by atoms with Crippen LogP contribution in [0.25, 0.3) is 11.3 Å². The van der Waals surface area contributed by atoms with Crippen LogP contribution in [0.15, 0.2) is 60.0 Å². The van der Waals surface area contributed by atoms with Crippen LogP contribution in [0.4, 0.5) is 5.13 Å². The Bertz CT molecular complexity index is 1010. The Balaban J connectivity index is 1.86. The molecule has 1 heterocycles. The maximum Gasteiger partial charge on any atom is 0.304 e. The second-order valence-electron chi connectivity index (χ2n) is 6.80. The molecular formula is C22H21ClN2O3S. The van der Waals surface area contributed by atoms with Crippen LogP contribution in [0, 0.1) is 5.92 Å². The highest BCUT2D eigenvalue weighted by Crippen LogP contribution is 2.34. The van der Waals surface area contributed by atoms with Gasteiger partial charge in [0.15, 0.2) is 5.13 Å². The van der Waals surface area contributed by atoms with Gasteiger partial charge in [0.25, 0.3) is 0 Å².